The lowest BCUT2D eigenvalue weighted by Crippen LogP contribution is -2.34. The number of carbonyl (C=O) groups excluding carboxylic acids is 2. The number of hydrogen-bond acceptors (Lipinski definition) is 2. The maximum Gasteiger partial charge on any atom is 0.223 e. The van der Waals surface area contributed by atoms with E-state index < -0.39 is 0 Å². The van der Waals surface area contributed by atoms with Gasteiger partial charge in [0.25, 0.3) is 0 Å². The van der Waals surface area contributed by atoms with Gasteiger partial charge in [0.2, 0.25) is 11.8 Å². The SMILES string of the molecule is CC(=O)N(CCC(=O)NCc1ccccc1Cl)c1ccc(Cl)cc1C. The Morgan fingerprint density at radius 2 is 1.84 bits per heavy atom. The van der Waals surface area contributed by atoms with Gasteiger partial charge in [-0.1, -0.05) is 41.4 Å². The highest BCUT2D eigenvalue weighted by Gasteiger charge is 2.15. The molecule has 25 heavy (non-hydrogen) atoms. The summed E-state index contributed by atoms with van der Waals surface area (Å²) in [5.74, 6) is -0.262. The minimum atomic E-state index is -0.141. The van der Waals surface area contributed by atoms with Crippen LogP contribution in [0.3, 0.4) is 0 Å². The number of benzene rings is 2. The fourth-order valence-electron chi connectivity index (χ4n) is 2.51. The molecule has 0 heterocycles. The number of hydrogen-bond donors (Lipinski definition) is 1. The Balaban J connectivity index is 1.95. The molecule has 4 nitrogen and oxygen atoms in total. The van der Waals surface area contributed by atoms with Crippen LogP contribution in [0.4, 0.5) is 5.69 Å². The van der Waals surface area contributed by atoms with Crippen LogP contribution in [-0.2, 0) is 16.1 Å². The van der Waals surface area contributed by atoms with Gasteiger partial charge < -0.3 is 10.2 Å². The second-order valence-electron chi connectivity index (χ2n) is 5.72. The lowest BCUT2D eigenvalue weighted by molar-refractivity contribution is -0.121. The highest BCUT2D eigenvalue weighted by atomic mass is 35.5. The molecule has 0 spiro atoms. The fraction of sp³-hybridized carbons (Fsp3) is 0.263. The lowest BCUT2D eigenvalue weighted by atomic mass is 10.1. The molecule has 0 aliphatic carbocycles. The van der Waals surface area contributed by atoms with Crippen molar-refractivity contribution in [2.24, 2.45) is 0 Å². The topological polar surface area (TPSA) is 49.4 Å². The molecule has 2 rings (SSSR count). The summed E-state index contributed by atoms with van der Waals surface area (Å²) in [6.07, 6.45) is 0.200. The number of halogens is 2. The van der Waals surface area contributed by atoms with E-state index in [1.165, 1.54) is 6.92 Å². The van der Waals surface area contributed by atoms with E-state index in [1.54, 1.807) is 29.2 Å². The van der Waals surface area contributed by atoms with Crippen LogP contribution in [-0.4, -0.2) is 18.4 Å². The van der Waals surface area contributed by atoms with Crippen LogP contribution < -0.4 is 10.2 Å². The van der Waals surface area contributed by atoms with Crippen molar-refractivity contribution in [1.82, 2.24) is 5.32 Å². The highest BCUT2D eigenvalue weighted by molar-refractivity contribution is 6.31. The van der Waals surface area contributed by atoms with E-state index >= 15 is 0 Å². The van der Waals surface area contributed by atoms with Gasteiger partial charge in [-0.05, 0) is 42.3 Å². The molecule has 0 unspecified atom stereocenters. The number of nitrogens with one attached hydrogen (secondary N) is 1. The van der Waals surface area contributed by atoms with Crippen molar-refractivity contribution in [2.45, 2.75) is 26.8 Å². The highest BCUT2D eigenvalue weighted by Crippen LogP contribution is 2.24. The van der Waals surface area contributed by atoms with Crippen LogP contribution in [0.15, 0.2) is 42.5 Å². The average Bonchev–Trinajstić information content (AvgIpc) is 2.55. The zero-order valence-electron chi connectivity index (χ0n) is 14.2. The molecule has 0 aliphatic heterocycles. The first-order valence-corrected chi connectivity index (χ1v) is 8.68. The van der Waals surface area contributed by atoms with Crippen molar-refractivity contribution in [3.63, 3.8) is 0 Å². The van der Waals surface area contributed by atoms with E-state index in [0.717, 1.165) is 16.8 Å². The minimum absolute atomic E-state index is 0.121. The molecule has 1 N–H and O–H groups in total. The first kappa shape index (κ1) is 19.3. The second kappa shape index (κ2) is 8.88. The molecular formula is C19H20Cl2N2O2. The van der Waals surface area contributed by atoms with Gasteiger partial charge in [-0.3, -0.25) is 9.59 Å². The van der Waals surface area contributed by atoms with Gasteiger partial charge in [0.15, 0.2) is 0 Å². The second-order valence-corrected chi connectivity index (χ2v) is 6.56. The van der Waals surface area contributed by atoms with Gasteiger partial charge in [0, 0.05) is 42.2 Å². The predicted octanol–water partition coefficient (Wildman–Crippen LogP) is 4.36. The molecule has 0 saturated carbocycles. The summed E-state index contributed by atoms with van der Waals surface area (Å²) in [6, 6.07) is 12.7. The third-order valence-electron chi connectivity index (χ3n) is 3.83. The Hall–Kier alpha value is -2.04. The van der Waals surface area contributed by atoms with E-state index in [9.17, 15) is 9.59 Å². The van der Waals surface area contributed by atoms with E-state index in [2.05, 4.69) is 5.32 Å². The quantitative estimate of drug-likeness (QED) is 0.811. The molecule has 2 aromatic rings. The lowest BCUT2D eigenvalue weighted by Gasteiger charge is -2.23. The molecule has 0 aliphatic rings. The largest absolute Gasteiger partial charge is 0.352 e. The zero-order valence-corrected chi connectivity index (χ0v) is 15.7. The Morgan fingerprint density at radius 1 is 1.12 bits per heavy atom. The van der Waals surface area contributed by atoms with Crippen molar-refractivity contribution in [2.75, 3.05) is 11.4 Å². The van der Waals surface area contributed by atoms with Crippen molar-refractivity contribution >= 4 is 40.7 Å². The monoisotopic (exact) mass is 378 g/mol. The Bertz CT molecular complexity index is 778. The molecule has 0 aromatic heterocycles. The van der Waals surface area contributed by atoms with Crippen molar-refractivity contribution in [1.29, 1.82) is 0 Å². The number of rotatable bonds is 6. The van der Waals surface area contributed by atoms with Gasteiger partial charge in [-0.15, -0.1) is 0 Å². The summed E-state index contributed by atoms with van der Waals surface area (Å²) in [4.78, 5) is 25.7. The first-order valence-electron chi connectivity index (χ1n) is 7.93. The van der Waals surface area contributed by atoms with Crippen LogP contribution in [0.2, 0.25) is 10.0 Å². The smallest absolute Gasteiger partial charge is 0.223 e. The first-order chi connectivity index (χ1) is 11.9. The standard InChI is InChI=1S/C19H20Cl2N2O2/c1-13-11-16(20)7-8-18(13)23(14(2)24)10-9-19(25)22-12-15-5-3-4-6-17(15)21/h3-8,11H,9-10,12H2,1-2H3,(H,22,25). The summed E-state index contributed by atoms with van der Waals surface area (Å²) < 4.78 is 0. The van der Waals surface area contributed by atoms with E-state index in [4.69, 9.17) is 23.2 Å². The molecule has 2 aromatic carbocycles. The van der Waals surface area contributed by atoms with Gasteiger partial charge in [0.1, 0.15) is 0 Å². The van der Waals surface area contributed by atoms with Crippen LogP contribution >= 0.6 is 23.2 Å². The zero-order chi connectivity index (χ0) is 18.4. The van der Waals surface area contributed by atoms with Crippen molar-refractivity contribution < 1.29 is 9.59 Å². The molecule has 0 atom stereocenters. The molecule has 0 fully saturated rings. The summed E-state index contributed by atoms with van der Waals surface area (Å²) in [5.41, 5.74) is 2.50. The summed E-state index contributed by atoms with van der Waals surface area (Å²) >= 11 is 12.0. The maximum atomic E-state index is 12.1. The third-order valence-corrected chi connectivity index (χ3v) is 4.43. The molecule has 6 heteroatoms. The van der Waals surface area contributed by atoms with Crippen LogP contribution in [0, 0.1) is 6.92 Å². The molecule has 0 bridgehead atoms. The van der Waals surface area contributed by atoms with Crippen LogP contribution in [0.5, 0.6) is 0 Å². The molecule has 132 valence electrons. The summed E-state index contributed by atoms with van der Waals surface area (Å²) in [6.45, 7) is 4.02. The summed E-state index contributed by atoms with van der Waals surface area (Å²) in [5, 5.41) is 4.06. The van der Waals surface area contributed by atoms with Gasteiger partial charge in [-0.25, -0.2) is 0 Å². The fourth-order valence-corrected chi connectivity index (χ4v) is 2.94. The molecule has 2 amide bonds. The maximum absolute atomic E-state index is 12.1. The van der Waals surface area contributed by atoms with E-state index in [-0.39, 0.29) is 18.2 Å². The minimum Gasteiger partial charge on any atom is -0.352 e. The molecular weight excluding hydrogens is 359 g/mol. The molecule has 0 saturated heterocycles. The van der Waals surface area contributed by atoms with Gasteiger partial charge >= 0.3 is 0 Å². The van der Waals surface area contributed by atoms with Crippen molar-refractivity contribution in [3.05, 3.63) is 63.6 Å². The predicted molar refractivity (Wildman–Crippen MR) is 102 cm³/mol. The Labute approximate surface area is 157 Å². The average molecular weight is 379 g/mol. The summed E-state index contributed by atoms with van der Waals surface area (Å²) in [7, 11) is 0. The van der Waals surface area contributed by atoms with Crippen molar-refractivity contribution in [3.8, 4) is 0 Å². The van der Waals surface area contributed by atoms with Gasteiger partial charge in [0.05, 0.1) is 0 Å². The van der Waals surface area contributed by atoms with E-state index in [0.29, 0.717) is 23.1 Å². The van der Waals surface area contributed by atoms with Crippen LogP contribution in [0.25, 0.3) is 0 Å². The number of anilines is 1. The normalized spacial score (nSPS) is 10.4. The molecule has 0 radical (unpaired) electrons. The van der Waals surface area contributed by atoms with Crippen LogP contribution in [0.1, 0.15) is 24.5 Å². The number of carbonyl (C=O) groups is 2. The van der Waals surface area contributed by atoms with E-state index in [1.807, 2.05) is 25.1 Å². The number of nitrogens with zero attached hydrogens (tertiary/aromatic N) is 1. The third kappa shape index (κ3) is 5.48. The Kier molecular flexibility index (Phi) is 6.85. The number of aryl methyl sites for hydroxylation is 1. The number of amides is 2. The van der Waals surface area contributed by atoms with Gasteiger partial charge in [-0.2, -0.15) is 0 Å². The Morgan fingerprint density at radius 3 is 2.48 bits per heavy atom.